The Balaban J connectivity index is 1.93. The predicted molar refractivity (Wildman–Crippen MR) is 127 cm³/mol. The number of halogens is 1. The second-order valence-corrected chi connectivity index (χ2v) is 9.42. The first-order chi connectivity index (χ1) is 15.7. The lowest BCUT2D eigenvalue weighted by atomic mass is 9.99. The molecule has 8 heteroatoms. The first kappa shape index (κ1) is 24.7. The van der Waals surface area contributed by atoms with Crippen LogP contribution in [0.5, 0.6) is 0 Å². The Morgan fingerprint density at radius 1 is 0.939 bits per heavy atom. The second kappa shape index (κ2) is 10.8. The summed E-state index contributed by atoms with van der Waals surface area (Å²) in [5.74, 6) is -1.44. The van der Waals surface area contributed by atoms with Crippen LogP contribution in [0.2, 0.25) is 5.02 Å². The molecule has 1 heterocycles. The fourth-order valence-electron chi connectivity index (χ4n) is 3.73. The number of hydrazine groups is 1. The van der Waals surface area contributed by atoms with Crippen molar-refractivity contribution in [1.29, 1.82) is 0 Å². The van der Waals surface area contributed by atoms with E-state index in [1.807, 2.05) is 26.8 Å². The average molecular weight is 472 g/mol. The zero-order chi connectivity index (χ0) is 24.0. The van der Waals surface area contributed by atoms with E-state index < -0.39 is 11.4 Å². The van der Waals surface area contributed by atoms with E-state index >= 15 is 0 Å². The van der Waals surface area contributed by atoms with Crippen molar-refractivity contribution in [2.75, 3.05) is 19.8 Å². The van der Waals surface area contributed by atoms with Crippen LogP contribution in [0.4, 0.5) is 0 Å². The van der Waals surface area contributed by atoms with Gasteiger partial charge in [0.1, 0.15) is 0 Å². The summed E-state index contributed by atoms with van der Waals surface area (Å²) in [5, 5.41) is 6.27. The standard InChI is InChI=1S/C25H30ClN3O4/c1-25(2,3)29(23(31)18-7-5-4-6-8-18)28(22(30)19-9-11-21(26)12-10-19)17-33-24(32)20-13-15-27-16-14-20/h4-12,20,27H,13-17H2,1-3H3. The molecule has 0 aliphatic carbocycles. The topological polar surface area (TPSA) is 79.0 Å². The monoisotopic (exact) mass is 471 g/mol. The van der Waals surface area contributed by atoms with Crippen molar-refractivity contribution in [2.45, 2.75) is 39.2 Å². The number of esters is 1. The fraction of sp³-hybridized carbons (Fsp3) is 0.400. The number of hydrogen-bond donors (Lipinski definition) is 1. The molecule has 1 N–H and O–H groups in total. The van der Waals surface area contributed by atoms with E-state index in [1.54, 1.807) is 48.5 Å². The Bertz CT molecular complexity index is 967. The van der Waals surface area contributed by atoms with E-state index in [-0.39, 0.29) is 24.5 Å². The van der Waals surface area contributed by atoms with Gasteiger partial charge in [0, 0.05) is 16.1 Å². The third kappa shape index (κ3) is 6.33. The molecule has 0 spiro atoms. The molecule has 2 aromatic rings. The zero-order valence-corrected chi connectivity index (χ0v) is 20.0. The summed E-state index contributed by atoms with van der Waals surface area (Å²) in [6, 6.07) is 15.1. The number of benzene rings is 2. The molecular formula is C25H30ClN3O4. The summed E-state index contributed by atoms with van der Waals surface area (Å²) >= 11 is 5.99. The van der Waals surface area contributed by atoms with Crippen molar-refractivity contribution in [3.63, 3.8) is 0 Å². The number of ether oxygens (including phenoxy) is 1. The van der Waals surface area contributed by atoms with Gasteiger partial charge in [0.05, 0.1) is 11.5 Å². The smallest absolute Gasteiger partial charge is 0.310 e. The molecule has 2 aromatic carbocycles. The zero-order valence-electron chi connectivity index (χ0n) is 19.2. The number of carbonyl (C=O) groups is 3. The first-order valence-corrected chi connectivity index (χ1v) is 11.4. The lowest BCUT2D eigenvalue weighted by molar-refractivity contribution is -0.161. The maximum atomic E-state index is 13.6. The van der Waals surface area contributed by atoms with Crippen molar-refractivity contribution in [1.82, 2.24) is 15.3 Å². The molecule has 0 bridgehead atoms. The van der Waals surface area contributed by atoms with Crippen molar-refractivity contribution in [3.05, 3.63) is 70.7 Å². The molecule has 1 aliphatic rings. The first-order valence-electron chi connectivity index (χ1n) is 11.0. The number of rotatable bonds is 5. The number of hydrogen-bond acceptors (Lipinski definition) is 5. The van der Waals surface area contributed by atoms with Crippen molar-refractivity contribution in [3.8, 4) is 0 Å². The highest BCUT2D eigenvalue weighted by Gasteiger charge is 2.37. The lowest BCUT2D eigenvalue weighted by Gasteiger charge is -2.43. The molecule has 1 fully saturated rings. The largest absolute Gasteiger partial charge is 0.442 e. The summed E-state index contributed by atoms with van der Waals surface area (Å²) in [6.45, 7) is 6.58. The summed E-state index contributed by atoms with van der Waals surface area (Å²) in [4.78, 5) is 39.8. The molecule has 3 rings (SSSR count). The molecular weight excluding hydrogens is 442 g/mol. The van der Waals surface area contributed by atoms with Crippen LogP contribution in [0.1, 0.15) is 54.3 Å². The fourth-order valence-corrected chi connectivity index (χ4v) is 3.85. The van der Waals surface area contributed by atoms with Crippen LogP contribution in [0.3, 0.4) is 0 Å². The van der Waals surface area contributed by atoms with Gasteiger partial charge in [-0.05, 0) is 83.1 Å². The molecule has 33 heavy (non-hydrogen) atoms. The van der Waals surface area contributed by atoms with Crippen molar-refractivity contribution >= 4 is 29.4 Å². The third-order valence-electron chi connectivity index (χ3n) is 5.42. The van der Waals surface area contributed by atoms with E-state index in [1.165, 1.54) is 10.0 Å². The molecule has 1 saturated heterocycles. The molecule has 0 unspecified atom stereocenters. The summed E-state index contributed by atoms with van der Waals surface area (Å²) in [6.07, 6.45) is 1.35. The van der Waals surface area contributed by atoms with Gasteiger partial charge in [-0.25, -0.2) is 10.0 Å². The predicted octanol–water partition coefficient (Wildman–Crippen LogP) is 4.14. The molecule has 0 aromatic heterocycles. The SMILES string of the molecule is CC(C)(C)N(C(=O)c1ccccc1)N(COC(=O)C1CCNCC1)C(=O)c1ccc(Cl)cc1. The van der Waals surface area contributed by atoms with Gasteiger partial charge < -0.3 is 10.1 Å². The Kier molecular flexibility index (Phi) is 8.10. The van der Waals surface area contributed by atoms with Crippen LogP contribution in [-0.4, -0.2) is 53.2 Å². The number of piperidine rings is 1. The minimum atomic E-state index is -0.782. The highest BCUT2D eigenvalue weighted by Crippen LogP contribution is 2.24. The minimum Gasteiger partial charge on any atom is -0.442 e. The normalized spacial score (nSPS) is 14.4. The highest BCUT2D eigenvalue weighted by molar-refractivity contribution is 6.30. The average Bonchev–Trinajstić information content (AvgIpc) is 2.81. The van der Waals surface area contributed by atoms with Crippen molar-refractivity contribution in [2.24, 2.45) is 5.92 Å². The van der Waals surface area contributed by atoms with Crippen LogP contribution in [0, 0.1) is 5.92 Å². The quantitative estimate of drug-likeness (QED) is 0.403. The molecule has 7 nitrogen and oxygen atoms in total. The summed E-state index contributed by atoms with van der Waals surface area (Å²) < 4.78 is 5.59. The summed E-state index contributed by atoms with van der Waals surface area (Å²) in [5.41, 5.74) is -0.0330. The van der Waals surface area contributed by atoms with Gasteiger partial charge >= 0.3 is 5.97 Å². The Morgan fingerprint density at radius 2 is 1.52 bits per heavy atom. The molecule has 2 amide bonds. The summed E-state index contributed by atoms with van der Waals surface area (Å²) in [7, 11) is 0. The maximum absolute atomic E-state index is 13.6. The van der Waals surface area contributed by atoms with Gasteiger partial charge in [-0.3, -0.25) is 14.4 Å². The molecule has 0 saturated carbocycles. The van der Waals surface area contributed by atoms with Crippen LogP contribution < -0.4 is 5.32 Å². The van der Waals surface area contributed by atoms with Gasteiger partial charge in [-0.2, -0.15) is 0 Å². The maximum Gasteiger partial charge on any atom is 0.310 e. The van der Waals surface area contributed by atoms with Gasteiger partial charge in [-0.15, -0.1) is 0 Å². The molecule has 0 atom stereocenters. The van der Waals surface area contributed by atoms with Crippen LogP contribution in [0.15, 0.2) is 54.6 Å². The number of carbonyl (C=O) groups excluding carboxylic acids is 3. The van der Waals surface area contributed by atoms with Gasteiger partial charge in [0.15, 0.2) is 6.73 Å². The van der Waals surface area contributed by atoms with E-state index in [0.29, 0.717) is 29.0 Å². The van der Waals surface area contributed by atoms with Gasteiger partial charge in [0.25, 0.3) is 11.8 Å². The van der Waals surface area contributed by atoms with E-state index in [9.17, 15) is 14.4 Å². The van der Waals surface area contributed by atoms with Gasteiger partial charge in [0.2, 0.25) is 0 Å². The van der Waals surface area contributed by atoms with Crippen LogP contribution in [-0.2, 0) is 9.53 Å². The van der Waals surface area contributed by atoms with Crippen LogP contribution in [0.25, 0.3) is 0 Å². The highest BCUT2D eigenvalue weighted by atomic mass is 35.5. The van der Waals surface area contributed by atoms with E-state index in [0.717, 1.165) is 13.1 Å². The molecule has 176 valence electrons. The minimum absolute atomic E-state index is 0.230. The van der Waals surface area contributed by atoms with E-state index in [4.69, 9.17) is 16.3 Å². The second-order valence-electron chi connectivity index (χ2n) is 8.98. The number of amides is 2. The molecule has 0 radical (unpaired) electrons. The van der Waals surface area contributed by atoms with Gasteiger partial charge in [-0.1, -0.05) is 29.8 Å². The number of nitrogens with one attached hydrogen (secondary N) is 1. The molecule has 1 aliphatic heterocycles. The third-order valence-corrected chi connectivity index (χ3v) is 5.67. The Morgan fingerprint density at radius 3 is 2.09 bits per heavy atom. The Hall–Kier alpha value is -2.90. The van der Waals surface area contributed by atoms with Crippen LogP contribution >= 0.6 is 11.6 Å². The number of nitrogens with zero attached hydrogens (tertiary/aromatic N) is 2. The van der Waals surface area contributed by atoms with Crippen molar-refractivity contribution < 1.29 is 19.1 Å². The van der Waals surface area contributed by atoms with E-state index in [2.05, 4.69) is 5.32 Å². The Labute approximate surface area is 199 Å². The lowest BCUT2D eigenvalue weighted by Crippen LogP contribution is -2.59.